The predicted octanol–water partition coefficient (Wildman–Crippen LogP) is -6.98. The molecule has 0 unspecified atom stereocenters. The summed E-state index contributed by atoms with van der Waals surface area (Å²) >= 11 is 0. The normalized spacial score (nSPS) is 8.73. The summed E-state index contributed by atoms with van der Waals surface area (Å²) in [6.07, 6.45) is -5.35. The first-order valence-electron chi connectivity index (χ1n) is 5.33. The van der Waals surface area contributed by atoms with Gasteiger partial charge in [0.25, 0.3) is 0 Å². The van der Waals surface area contributed by atoms with Crippen LogP contribution in [-0.4, -0.2) is 92.2 Å². The average Bonchev–Trinajstić information content (AvgIpc) is 2.40. The van der Waals surface area contributed by atoms with Gasteiger partial charge < -0.3 is 63.8 Å². The minimum atomic E-state index is -1.34. The van der Waals surface area contributed by atoms with E-state index >= 15 is 0 Å². The zero-order chi connectivity index (χ0) is 17.1. The Morgan fingerprint density at radius 3 is 0.455 bits per heavy atom. The Labute approximate surface area is 157 Å². The molecule has 0 aromatic carbocycles. The van der Waals surface area contributed by atoms with E-state index < -0.39 is 25.2 Å². The summed E-state index contributed by atoms with van der Waals surface area (Å²) in [6, 6.07) is 0. The van der Waals surface area contributed by atoms with E-state index in [0.29, 0.717) is 0 Å². The van der Waals surface area contributed by atoms with E-state index in [1.165, 1.54) is 0 Å². The molecule has 16 N–H and O–H groups in total. The Morgan fingerprint density at radius 2 is 0.455 bits per heavy atom. The molecule has 0 amide bonds. The van der Waals surface area contributed by atoms with Crippen molar-refractivity contribution in [3.05, 3.63) is 0 Å². The van der Waals surface area contributed by atoms with E-state index in [1.807, 2.05) is 0 Å². The van der Waals surface area contributed by atoms with E-state index in [9.17, 15) is 0 Å². The molecule has 0 atom stereocenters. The van der Waals surface area contributed by atoms with Crippen LogP contribution in [0.3, 0.4) is 0 Å². The monoisotopic (exact) mass is 504 g/mol. The number of rotatable bonds is 4. The number of hydrogen-bond donors (Lipinski definition) is 12. The first kappa shape index (κ1) is 38.5. The summed E-state index contributed by atoms with van der Waals surface area (Å²) in [7, 11) is 0. The van der Waals surface area contributed by atoms with Gasteiger partial charge in [0.15, 0.2) is 25.2 Å². The first-order valence-corrected chi connectivity index (χ1v) is 5.33. The molecule has 0 rings (SSSR count). The van der Waals surface area contributed by atoms with Crippen molar-refractivity contribution in [2.75, 3.05) is 26.2 Å². The Bertz CT molecular complexity index is 128. The van der Waals surface area contributed by atoms with Gasteiger partial charge in [-0.2, -0.15) is 0 Å². The fourth-order valence-electron chi connectivity index (χ4n) is 0. The molecule has 0 radical (unpaired) electrons. The quantitative estimate of drug-likeness (QED) is 0.127. The zero-order valence-corrected chi connectivity index (χ0v) is 15.9. The molecule has 0 aromatic rings. The molecule has 0 spiro atoms. The Balaban J connectivity index is -0.0000000376. The van der Waals surface area contributed by atoms with Gasteiger partial charge in [0.2, 0.25) is 0 Å². The number of aliphatic hydroxyl groups is 8. The van der Waals surface area contributed by atoms with Crippen molar-refractivity contribution in [2.45, 2.75) is 25.2 Å². The van der Waals surface area contributed by atoms with Gasteiger partial charge in [-0.15, -0.1) is 0 Å². The molecule has 0 aliphatic rings. The third kappa shape index (κ3) is 105. The van der Waals surface area contributed by atoms with E-state index in [2.05, 4.69) is 22.9 Å². The fraction of sp³-hybridized carbons (Fsp3) is 1.00. The second-order valence-electron chi connectivity index (χ2n) is 2.87. The molecule has 0 saturated heterocycles. The van der Waals surface area contributed by atoms with Crippen molar-refractivity contribution in [3.63, 3.8) is 0 Å². The standard InChI is InChI=1S/4C2H7NO2.2Mo/c4*3-1-2(4)5;;/h4*2,4-5H,1,3H2;;. The average molecular weight is 500 g/mol. The van der Waals surface area contributed by atoms with Crippen LogP contribution in [0.1, 0.15) is 0 Å². The van der Waals surface area contributed by atoms with Crippen molar-refractivity contribution in [2.24, 2.45) is 22.9 Å². The first-order chi connectivity index (χ1) is 9.08. The molecule has 0 fully saturated rings. The summed E-state index contributed by atoms with van der Waals surface area (Å²) < 4.78 is 0. The van der Waals surface area contributed by atoms with Crippen molar-refractivity contribution in [3.8, 4) is 0 Å². The molecule has 0 aliphatic carbocycles. The smallest absolute Gasteiger partial charge is 0.163 e. The van der Waals surface area contributed by atoms with E-state index in [-0.39, 0.29) is 68.3 Å². The molecular weight excluding hydrogens is 472 g/mol. The summed E-state index contributed by atoms with van der Waals surface area (Å²) in [5, 5.41) is 62.3. The van der Waals surface area contributed by atoms with Gasteiger partial charge in [0, 0.05) is 68.3 Å². The third-order valence-corrected chi connectivity index (χ3v) is 0.843. The van der Waals surface area contributed by atoms with Gasteiger partial charge in [0.05, 0.1) is 0 Å². The minimum Gasteiger partial charge on any atom is -0.367 e. The molecule has 12 nitrogen and oxygen atoms in total. The largest absolute Gasteiger partial charge is 0.367 e. The van der Waals surface area contributed by atoms with Gasteiger partial charge >= 0.3 is 0 Å². The Hall–Kier alpha value is 0.897. The van der Waals surface area contributed by atoms with Crippen LogP contribution in [0.25, 0.3) is 0 Å². The van der Waals surface area contributed by atoms with Gasteiger partial charge in [0.1, 0.15) is 0 Å². The maximum atomic E-state index is 7.79. The second-order valence-corrected chi connectivity index (χ2v) is 2.87. The van der Waals surface area contributed by atoms with Crippen LogP contribution >= 0.6 is 0 Å². The summed E-state index contributed by atoms with van der Waals surface area (Å²) in [4.78, 5) is 0. The number of hydrogen-bond acceptors (Lipinski definition) is 12. The van der Waals surface area contributed by atoms with Crippen LogP contribution in [-0.2, 0) is 42.1 Å². The maximum absolute atomic E-state index is 7.79. The van der Waals surface area contributed by atoms with Gasteiger partial charge in [-0.25, -0.2) is 0 Å². The van der Waals surface area contributed by atoms with Gasteiger partial charge in [-0.05, 0) is 0 Å². The van der Waals surface area contributed by atoms with Crippen LogP contribution in [0.15, 0.2) is 0 Å². The maximum Gasteiger partial charge on any atom is 0.163 e. The summed E-state index contributed by atoms with van der Waals surface area (Å²) in [6.45, 7) is -0.333. The molecule has 14 heteroatoms. The van der Waals surface area contributed by atoms with E-state index in [0.717, 1.165) is 0 Å². The van der Waals surface area contributed by atoms with Crippen molar-refractivity contribution in [1.29, 1.82) is 0 Å². The van der Waals surface area contributed by atoms with Crippen LogP contribution in [0.5, 0.6) is 0 Å². The van der Waals surface area contributed by atoms with Crippen molar-refractivity contribution in [1.82, 2.24) is 0 Å². The Kier molecular flexibility index (Phi) is 58.5. The molecule has 0 heterocycles. The van der Waals surface area contributed by atoms with E-state index in [1.54, 1.807) is 0 Å². The van der Waals surface area contributed by atoms with Crippen LogP contribution < -0.4 is 22.9 Å². The summed E-state index contributed by atoms with van der Waals surface area (Å²) in [5.41, 5.74) is 18.7. The van der Waals surface area contributed by atoms with Crippen LogP contribution in [0.2, 0.25) is 0 Å². The predicted molar refractivity (Wildman–Crippen MR) is 69.1 cm³/mol. The number of aliphatic hydroxyl groups excluding tert-OH is 4. The minimum absolute atomic E-state index is 0. The van der Waals surface area contributed by atoms with E-state index in [4.69, 9.17) is 40.9 Å². The molecule has 0 aromatic heterocycles. The molecule has 140 valence electrons. The molecule has 0 saturated carbocycles. The van der Waals surface area contributed by atoms with Gasteiger partial charge in [-0.3, -0.25) is 0 Å². The topological polar surface area (TPSA) is 266 Å². The SMILES string of the molecule is NCC(O)O.NCC(O)O.NCC(O)O.NCC(O)O.[Mo].[Mo]. The molecule has 22 heavy (non-hydrogen) atoms. The summed E-state index contributed by atoms with van der Waals surface area (Å²) in [5.74, 6) is 0. The second kappa shape index (κ2) is 33.5. The molecule has 0 bridgehead atoms. The van der Waals surface area contributed by atoms with Crippen LogP contribution in [0.4, 0.5) is 0 Å². The number of nitrogens with two attached hydrogens (primary N) is 4. The van der Waals surface area contributed by atoms with Crippen LogP contribution in [0, 0.1) is 0 Å². The van der Waals surface area contributed by atoms with Crippen molar-refractivity contribution < 1.29 is 83.0 Å². The molecular formula is C8H28Mo2N4O8. The Morgan fingerprint density at radius 1 is 0.409 bits per heavy atom. The molecule has 0 aliphatic heterocycles. The van der Waals surface area contributed by atoms with Gasteiger partial charge in [-0.1, -0.05) is 0 Å². The zero-order valence-electron chi connectivity index (χ0n) is 11.8. The fourth-order valence-corrected chi connectivity index (χ4v) is 0. The third-order valence-electron chi connectivity index (χ3n) is 0.843. The van der Waals surface area contributed by atoms with Crippen molar-refractivity contribution >= 4 is 0 Å².